The van der Waals surface area contributed by atoms with Crippen molar-refractivity contribution < 1.29 is 9.84 Å². The first-order valence-electron chi connectivity index (χ1n) is 9.26. The number of fused-ring (bicyclic) bond motifs is 1. The topological polar surface area (TPSA) is 32.7 Å². The Kier molecular flexibility index (Phi) is 4.39. The Morgan fingerprint density at radius 2 is 1.33 bits per heavy atom. The molecule has 1 aliphatic rings. The molecule has 4 rings (SSSR count). The van der Waals surface area contributed by atoms with Gasteiger partial charge in [-0.3, -0.25) is 0 Å². The third-order valence-corrected chi connectivity index (χ3v) is 5.20. The van der Waals surface area contributed by atoms with Gasteiger partial charge in [-0.05, 0) is 37.7 Å². The standard InChI is InChI=1S/C24H25NO2/c1-23(26)21-11-7-8-12-22(21)24(27-23,19-9-5-4-6-10-19)20-15-13-18(14-16-20)17-25(2)3/h4-16,26H,17H2,1-3H3/t23-,24-/m0/s1. The highest BCUT2D eigenvalue weighted by molar-refractivity contribution is 5.54. The van der Waals surface area contributed by atoms with E-state index in [1.807, 2.05) is 36.4 Å². The Morgan fingerprint density at radius 3 is 1.96 bits per heavy atom. The van der Waals surface area contributed by atoms with Gasteiger partial charge < -0.3 is 14.7 Å². The minimum atomic E-state index is -1.35. The first-order chi connectivity index (χ1) is 12.9. The van der Waals surface area contributed by atoms with Crippen LogP contribution in [0, 0.1) is 0 Å². The fourth-order valence-corrected chi connectivity index (χ4v) is 4.08. The van der Waals surface area contributed by atoms with Crippen LogP contribution in [-0.2, 0) is 22.7 Å². The van der Waals surface area contributed by atoms with Crippen molar-refractivity contribution in [3.8, 4) is 0 Å². The van der Waals surface area contributed by atoms with Crippen molar-refractivity contribution in [3.63, 3.8) is 0 Å². The number of ether oxygens (including phenoxy) is 1. The van der Waals surface area contributed by atoms with Crippen molar-refractivity contribution in [2.24, 2.45) is 0 Å². The summed E-state index contributed by atoms with van der Waals surface area (Å²) in [6, 6.07) is 26.6. The maximum absolute atomic E-state index is 11.0. The molecule has 3 nitrogen and oxygen atoms in total. The first-order valence-corrected chi connectivity index (χ1v) is 9.26. The molecule has 0 fully saturated rings. The molecular formula is C24H25NO2. The summed E-state index contributed by atoms with van der Waals surface area (Å²) in [5, 5.41) is 11.0. The number of hydrogen-bond donors (Lipinski definition) is 1. The summed E-state index contributed by atoms with van der Waals surface area (Å²) in [5.41, 5.74) is 4.23. The third kappa shape index (κ3) is 2.98. The second-order valence-corrected chi connectivity index (χ2v) is 7.61. The van der Waals surface area contributed by atoms with Gasteiger partial charge in [0, 0.05) is 17.7 Å². The maximum atomic E-state index is 11.0. The quantitative estimate of drug-likeness (QED) is 0.756. The Bertz CT molecular complexity index is 932. The van der Waals surface area contributed by atoms with Crippen LogP contribution in [0.5, 0.6) is 0 Å². The van der Waals surface area contributed by atoms with E-state index in [1.54, 1.807) is 6.92 Å². The molecule has 3 aromatic carbocycles. The van der Waals surface area contributed by atoms with Gasteiger partial charge in [0.1, 0.15) is 5.60 Å². The van der Waals surface area contributed by atoms with Crippen LogP contribution in [0.4, 0.5) is 0 Å². The molecule has 1 aliphatic heterocycles. The zero-order valence-corrected chi connectivity index (χ0v) is 16.0. The summed E-state index contributed by atoms with van der Waals surface area (Å²) in [4.78, 5) is 2.15. The summed E-state index contributed by atoms with van der Waals surface area (Å²) in [6.07, 6.45) is 0. The van der Waals surface area contributed by atoms with Crippen LogP contribution < -0.4 is 0 Å². The molecule has 0 bridgehead atoms. The van der Waals surface area contributed by atoms with Gasteiger partial charge in [0.2, 0.25) is 0 Å². The van der Waals surface area contributed by atoms with E-state index in [1.165, 1.54) is 5.56 Å². The largest absolute Gasteiger partial charge is 0.362 e. The van der Waals surface area contributed by atoms with Crippen LogP contribution in [0.3, 0.4) is 0 Å². The molecule has 0 unspecified atom stereocenters. The van der Waals surface area contributed by atoms with Gasteiger partial charge in [-0.1, -0.05) is 78.9 Å². The Balaban J connectivity index is 1.93. The SMILES string of the molecule is CN(C)Cc1ccc([C@]2(c3ccccc3)O[C@](C)(O)c3ccccc32)cc1. The molecule has 0 amide bonds. The minimum absolute atomic E-state index is 0.811. The Morgan fingerprint density at radius 1 is 0.778 bits per heavy atom. The van der Waals surface area contributed by atoms with Gasteiger partial charge in [-0.25, -0.2) is 0 Å². The fraction of sp³-hybridized carbons (Fsp3) is 0.250. The summed E-state index contributed by atoms with van der Waals surface area (Å²) < 4.78 is 6.45. The van der Waals surface area contributed by atoms with Crippen molar-refractivity contribution in [1.29, 1.82) is 0 Å². The third-order valence-electron chi connectivity index (χ3n) is 5.20. The van der Waals surface area contributed by atoms with E-state index in [0.717, 1.165) is 28.8 Å². The fourth-order valence-electron chi connectivity index (χ4n) is 4.08. The van der Waals surface area contributed by atoms with Crippen molar-refractivity contribution in [3.05, 3.63) is 107 Å². The van der Waals surface area contributed by atoms with Crippen LogP contribution >= 0.6 is 0 Å². The van der Waals surface area contributed by atoms with Gasteiger partial charge in [0.05, 0.1) is 0 Å². The van der Waals surface area contributed by atoms with Crippen molar-refractivity contribution in [1.82, 2.24) is 4.90 Å². The van der Waals surface area contributed by atoms with Gasteiger partial charge in [-0.2, -0.15) is 0 Å². The molecule has 0 radical (unpaired) electrons. The molecule has 0 spiro atoms. The molecule has 2 atom stereocenters. The molecule has 138 valence electrons. The van der Waals surface area contributed by atoms with Crippen molar-refractivity contribution in [2.75, 3.05) is 14.1 Å². The van der Waals surface area contributed by atoms with E-state index in [9.17, 15) is 5.11 Å². The lowest BCUT2D eigenvalue weighted by molar-refractivity contribution is -0.225. The lowest BCUT2D eigenvalue weighted by Crippen LogP contribution is -2.33. The van der Waals surface area contributed by atoms with Gasteiger partial charge in [-0.15, -0.1) is 0 Å². The summed E-state index contributed by atoms with van der Waals surface area (Å²) in [5.74, 6) is -1.35. The number of rotatable bonds is 4. The smallest absolute Gasteiger partial charge is 0.191 e. The highest BCUT2D eigenvalue weighted by atomic mass is 16.6. The normalized spacial score (nSPS) is 24.2. The molecule has 1 heterocycles. The van der Waals surface area contributed by atoms with Crippen molar-refractivity contribution in [2.45, 2.75) is 24.9 Å². The highest BCUT2D eigenvalue weighted by Crippen LogP contribution is 2.52. The second kappa shape index (κ2) is 6.61. The summed E-state index contributed by atoms with van der Waals surface area (Å²) >= 11 is 0. The minimum Gasteiger partial charge on any atom is -0.362 e. The molecule has 0 aliphatic carbocycles. The predicted octanol–water partition coefficient (Wildman–Crippen LogP) is 4.24. The van der Waals surface area contributed by atoms with Crippen molar-refractivity contribution >= 4 is 0 Å². The molecule has 0 saturated heterocycles. The van der Waals surface area contributed by atoms with Gasteiger partial charge >= 0.3 is 0 Å². The number of aliphatic hydroxyl groups is 1. The van der Waals surface area contributed by atoms with E-state index < -0.39 is 11.4 Å². The van der Waals surface area contributed by atoms with Crippen LogP contribution in [0.15, 0.2) is 78.9 Å². The summed E-state index contributed by atoms with van der Waals surface area (Å²) in [7, 11) is 4.12. The number of nitrogens with zero attached hydrogens (tertiary/aromatic N) is 1. The van der Waals surface area contributed by atoms with Crippen LogP contribution in [-0.4, -0.2) is 24.1 Å². The molecule has 0 saturated carbocycles. The lowest BCUT2D eigenvalue weighted by Gasteiger charge is -2.33. The number of hydrogen-bond acceptors (Lipinski definition) is 3. The molecule has 3 heteroatoms. The summed E-state index contributed by atoms with van der Waals surface area (Å²) in [6.45, 7) is 2.60. The van der Waals surface area contributed by atoms with E-state index in [4.69, 9.17) is 4.74 Å². The zero-order valence-electron chi connectivity index (χ0n) is 16.0. The van der Waals surface area contributed by atoms with Crippen LogP contribution in [0.25, 0.3) is 0 Å². The Labute approximate surface area is 160 Å². The Hall–Kier alpha value is -2.46. The monoisotopic (exact) mass is 359 g/mol. The molecular weight excluding hydrogens is 334 g/mol. The van der Waals surface area contributed by atoms with E-state index in [-0.39, 0.29) is 0 Å². The van der Waals surface area contributed by atoms with E-state index in [2.05, 4.69) is 61.5 Å². The molecule has 3 aromatic rings. The highest BCUT2D eigenvalue weighted by Gasteiger charge is 2.52. The van der Waals surface area contributed by atoms with E-state index >= 15 is 0 Å². The van der Waals surface area contributed by atoms with E-state index in [0.29, 0.717) is 0 Å². The first kappa shape index (κ1) is 17.9. The number of benzene rings is 3. The lowest BCUT2D eigenvalue weighted by atomic mass is 9.79. The molecule has 1 N–H and O–H groups in total. The van der Waals surface area contributed by atoms with Gasteiger partial charge in [0.15, 0.2) is 5.79 Å². The molecule has 27 heavy (non-hydrogen) atoms. The average molecular weight is 359 g/mol. The second-order valence-electron chi connectivity index (χ2n) is 7.61. The maximum Gasteiger partial charge on any atom is 0.191 e. The van der Waals surface area contributed by atoms with Gasteiger partial charge in [0.25, 0.3) is 0 Å². The predicted molar refractivity (Wildman–Crippen MR) is 107 cm³/mol. The zero-order chi connectivity index (χ0) is 19.1. The average Bonchev–Trinajstić information content (AvgIpc) is 2.92. The molecule has 0 aromatic heterocycles. The van der Waals surface area contributed by atoms with Crippen LogP contribution in [0.1, 0.15) is 34.7 Å². The van der Waals surface area contributed by atoms with Crippen LogP contribution in [0.2, 0.25) is 0 Å².